The number of nitrogens with two attached hydrogens (primary N) is 1. The SMILES string of the molecule is NCC(N1CCC(CO)C1)C(F)(F)F. The van der Waals surface area contributed by atoms with Gasteiger partial charge in [-0.1, -0.05) is 0 Å². The predicted molar refractivity (Wildman–Crippen MR) is 45.7 cm³/mol. The molecule has 1 saturated heterocycles. The molecule has 0 saturated carbocycles. The van der Waals surface area contributed by atoms with E-state index in [2.05, 4.69) is 0 Å². The molecule has 0 bridgehead atoms. The van der Waals surface area contributed by atoms with Gasteiger partial charge in [-0.3, -0.25) is 4.90 Å². The first-order chi connectivity index (χ1) is 6.49. The third-order valence-electron chi connectivity index (χ3n) is 2.62. The van der Waals surface area contributed by atoms with E-state index in [9.17, 15) is 13.2 Å². The van der Waals surface area contributed by atoms with Crippen molar-refractivity contribution in [1.82, 2.24) is 4.90 Å². The Kier molecular flexibility index (Phi) is 3.74. The molecule has 1 aliphatic heterocycles. The molecule has 0 spiro atoms. The average molecular weight is 212 g/mol. The van der Waals surface area contributed by atoms with Gasteiger partial charge >= 0.3 is 6.18 Å². The van der Waals surface area contributed by atoms with Crippen LogP contribution in [0.4, 0.5) is 13.2 Å². The number of halogens is 3. The number of nitrogens with zero attached hydrogens (tertiary/aromatic N) is 1. The van der Waals surface area contributed by atoms with Crippen LogP contribution in [0.2, 0.25) is 0 Å². The standard InChI is InChI=1S/C8H15F3N2O/c9-8(10,11)7(3-12)13-2-1-6(4-13)5-14/h6-7,14H,1-5,12H2. The van der Waals surface area contributed by atoms with Crippen LogP contribution in [0.3, 0.4) is 0 Å². The Hall–Kier alpha value is -0.330. The summed E-state index contributed by atoms with van der Waals surface area (Å²) in [6.07, 6.45) is -3.65. The van der Waals surface area contributed by atoms with Crippen molar-refractivity contribution < 1.29 is 18.3 Å². The fourth-order valence-electron chi connectivity index (χ4n) is 1.78. The molecule has 0 aromatic carbocycles. The first-order valence-electron chi connectivity index (χ1n) is 4.60. The third kappa shape index (κ3) is 2.59. The van der Waals surface area contributed by atoms with E-state index in [1.54, 1.807) is 0 Å². The van der Waals surface area contributed by atoms with Gasteiger partial charge in [-0.2, -0.15) is 13.2 Å². The molecule has 0 aromatic rings. The first kappa shape index (κ1) is 11.7. The molecule has 3 N–H and O–H groups in total. The summed E-state index contributed by atoms with van der Waals surface area (Å²) in [4.78, 5) is 1.31. The largest absolute Gasteiger partial charge is 0.405 e. The summed E-state index contributed by atoms with van der Waals surface area (Å²) >= 11 is 0. The Morgan fingerprint density at radius 2 is 2.14 bits per heavy atom. The van der Waals surface area contributed by atoms with Crippen molar-refractivity contribution in [2.45, 2.75) is 18.6 Å². The van der Waals surface area contributed by atoms with Crippen LogP contribution in [0.15, 0.2) is 0 Å². The van der Waals surface area contributed by atoms with Crippen LogP contribution in [0, 0.1) is 5.92 Å². The maximum absolute atomic E-state index is 12.4. The fraction of sp³-hybridized carbons (Fsp3) is 1.00. The molecule has 0 aromatic heterocycles. The number of likely N-dealkylation sites (tertiary alicyclic amines) is 1. The molecule has 1 aliphatic rings. The lowest BCUT2D eigenvalue weighted by Gasteiger charge is -2.28. The maximum Gasteiger partial charge on any atom is 0.405 e. The highest BCUT2D eigenvalue weighted by molar-refractivity contribution is 4.85. The van der Waals surface area contributed by atoms with Crippen LogP contribution < -0.4 is 5.73 Å². The molecule has 14 heavy (non-hydrogen) atoms. The van der Waals surface area contributed by atoms with Crippen LogP contribution in [0.1, 0.15) is 6.42 Å². The van der Waals surface area contributed by atoms with E-state index in [1.165, 1.54) is 4.90 Å². The third-order valence-corrected chi connectivity index (χ3v) is 2.62. The van der Waals surface area contributed by atoms with E-state index in [1.807, 2.05) is 0 Å². The van der Waals surface area contributed by atoms with E-state index < -0.39 is 18.8 Å². The Balaban J connectivity index is 2.55. The highest BCUT2D eigenvalue weighted by Gasteiger charge is 2.44. The lowest BCUT2D eigenvalue weighted by atomic mass is 10.1. The first-order valence-corrected chi connectivity index (χ1v) is 4.60. The van der Waals surface area contributed by atoms with E-state index >= 15 is 0 Å². The lowest BCUT2D eigenvalue weighted by Crippen LogP contribution is -2.49. The molecule has 0 radical (unpaired) electrons. The Labute approximate surface area is 80.7 Å². The second-order valence-electron chi connectivity index (χ2n) is 3.63. The summed E-state index contributed by atoms with van der Waals surface area (Å²) in [5, 5.41) is 8.80. The van der Waals surface area contributed by atoms with Crippen LogP contribution in [-0.4, -0.2) is 48.5 Å². The maximum atomic E-state index is 12.4. The Bertz CT molecular complexity index is 186. The van der Waals surface area contributed by atoms with E-state index in [0.717, 1.165) is 0 Å². The number of aliphatic hydroxyl groups excluding tert-OH is 1. The van der Waals surface area contributed by atoms with Crippen LogP contribution >= 0.6 is 0 Å². The van der Waals surface area contributed by atoms with Crippen molar-refractivity contribution in [2.75, 3.05) is 26.2 Å². The van der Waals surface area contributed by atoms with E-state index in [-0.39, 0.29) is 19.1 Å². The quantitative estimate of drug-likeness (QED) is 0.702. The van der Waals surface area contributed by atoms with E-state index in [0.29, 0.717) is 13.0 Å². The second-order valence-corrected chi connectivity index (χ2v) is 3.63. The Morgan fingerprint density at radius 3 is 2.50 bits per heavy atom. The van der Waals surface area contributed by atoms with Crippen LogP contribution in [-0.2, 0) is 0 Å². The molecule has 2 unspecified atom stereocenters. The Morgan fingerprint density at radius 1 is 1.50 bits per heavy atom. The van der Waals surface area contributed by atoms with Gasteiger partial charge in [-0.15, -0.1) is 0 Å². The number of aliphatic hydroxyl groups is 1. The predicted octanol–water partition coefficient (Wildman–Crippen LogP) is 0.190. The summed E-state index contributed by atoms with van der Waals surface area (Å²) in [5.74, 6) is -0.0357. The zero-order valence-electron chi connectivity index (χ0n) is 7.80. The minimum absolute atomic E-state index is 0.0357. The van der Waals surface area contributed by atoms with Crippen LogP contribution in [0.5, 0.6) is 0 Å². The van der Waals surface area contributed by atoms with Crippen molar-refractivity contribution in [3.63, 3.8) is 0 Å². The summed E-state index contributed by atoms with van der Waals surface area (Å²) < 4.78 is 37.3. The van der Waals surface area contributed by atoms with Gasteiger partial charge in [0.2, 0.25) is 0 Å². The second kappa shape index (κ2) is 4.46. The fourth-order valence-corrected chi connectivity index (χ4v) is 1.78. The highest BCUT2D eigenvalue weighted by atomic mass is 19.4. The molecule has 6 heteroatoms. The normalized spacial score (nSPS) is 26.8. The summed E-state index contributed by atoms with van der Waals surface area (Å²) in [7, 11) is 0. The lowest BCUT2D eigenvalue weighted by molar-refractivity contribution is -0.178. The average Bonchev–Trinajstić information content (AvgIpc) is 2.51. The van der Waals surface area contributed by atoms with Crippen molar-refractivity contribution >= 4 is 0 Å². The van der Waals surface area contributed by atoms with Crippen molar-refractivity contribution in [1.29, 1.82) is 0 Å². The molecule has 1 fully saturated rings. The van der Waals surface area contributed by atoms with Gasteiger partial charge in [0, 0.05) is 19.7 Å². The summed E-state index contributed by atoms with van der Waals surface area (Å²) in [6, 6.07) is -1.56. The highest BCUT2D eigenvalue weighted by Crippen LogP contribution is 2.28. The number of rotatable bonds is 3. The zero-order chi connectivity index (χ0) is 10.8. The number of hydrogen-bond acceptors (Lipinski definition) is 3. The molecular weight excluding hydrogens is 197 g/mol. The minimum atomic E-state index is -4.26. The molecular formula is C8H15F3N2O. The summed E-state index contributed by atoms with van der Waals surface area (Å²) in [5.41, 5.74) is 5.10. The number of alkyl halides is 3. The smallest absolute Gasteiger partial charge is 0.396 e. The van der Waals surface area contributed by atoms with Gasteiger partial charge in [0.1, 0.15) is 6.04 Å². The molecule has 0 amide bonds. The molecule has 1 heterocycles. The van der Waals surface area contributed by atoms with Gasteiger partial charge in [0.15, 0.2) is 0 Å². The van der Waals surface area contributed by atoms with Gasteiger partial charge < -0.3 is 10.8 Å². The van der Waals surface area contributed by atoms with Gasteiger partial charge in [-0.25, -0.2) is 0 Å². The van der Waals surface area contributed by atoms with Crippen molar-refractivity contribution in [3.05, 3.63) is 0 Å². The minimum Gasteiger partial charge on any atom is -0.396 e. The number of hydrogen-bond donors (Lipinski definition) is 2. The van der Waals surface area contributed by atoms with E-state index in [4.69, 9.17) is 10.8 Å². The van der Waals surface area contributed by atoms with Gasteiger partial charge in [-0.05, 0) is 18.9 Å². The monoisotopic (exact) mass is 212 g/mol. The van der Waals surface area contributed by atoms with Gasteiger partial charge in [0.25, 0.3) is 0 Å². The van der Waals surface area contributed by atoms with Crippen molar-refractivity contribution in [3.8, 4) is 0 Å². The molecule has 0 aliphatic carbocycles. The van der Waals surface area contributed by atoms with Crippen LogP contribution in [0.25, 0.3) is 0 Å². The molecule has 84 valence electrons. The molecule has 3 nitrogen and oxygen atoms in total. The molecule has 2 atom stereocenters. The van der Waals surface area contributed by atoms with Crippen molar-refractivity contribution in [2.24, 2.45) is 11.7 Å². The topological polar surface area (TPSA) is 49.5 Å². The summed E-state index contributed by atoms with van der Waals surface area (Å²) in [6.45, 7) is 0.192. The van der Waals surface area contributed by atoms with Gasteiger partial charge in [0.05, 0.1) is 0 Å². The molecule has 1 rings (SSSR count). The zero-order valence-corrected chi connectivity index (χ0v) is 7.80.